The lowest BCUT2D eigenvalue weighted by Gasteiger charge is -1.89. The highest BCUT2D eigenvalue weighted by Gasteiger charge is 1.99. The Kier molecular flexibility index (Phi) is 5.12. The summed E-state index contributed by atoms with van der Waals surface area (Å²) in [6.07, 6.45) is 0.134. The maximum absolute atomic E-state index is 9.87. The summed E-state index contributed by atoms with van der Waals surface area (Å²) in [5.74, 6) is 2.21. The van der Waals surface area contributed by atoms with E-state index in [0.29, 0.717) is 5.88 Å². The van der Waals surface area contributed by atoms with E-state index in [1.165, 1.54) is 12.3 Å². The molecular weight excluding hydrogens is 262 g/mol. The van der Waals surface area contributed by atoms with Gasteiger partial charge in [-0.3, -0.25) is 10.00 Å². The molecule has 0 bridgehead atoms. The van der Waals surface area contributed by atoms with Gasteiger partial charge in [-0.1, -0.05) is 5.16 Å². The molecule has 18 heavy (non-hydrogen) atoms. The normalized spacial score (nSPS) is 9.50. The van der Waals surface area contributed by atoms with Crippen molar-refractivity contribution in [3.05, 3.63) is 24.0 Å². The predicted octanol–water partition coefficient (Wildman–Crippen LogP) is 1.63. The molecule has 0 saturated carbocycles. The van der Waals surface area contributed by atoms with Crippen molar-refractivity contribution < 1.29 is 14.4 Å². The fourth-order valence-corrected chi connectivity index (χ4v) is 1.29. The number of hydrogen-bond acceptors (Lipinski definition) is 5. The SMILES string of the molecule is Cc1nc(CCl)n(C)n1.O=C(O)Nc1ccon1. The minimum atomic E-state index is -1.15. The first kappa shape index (κ1) is 14.0. The van der Waals surface area contributed by atoms with Gasteiger partial charge in [0.15, 0.2) is 5.82 Å². The van der Waals surface area contributed by atoms with Crippen LogP contribution in [-0.2, 0) is 12.9 Å². The van der Waals surface area contributed by atoms with Gasteiger partial charge in [0, 0.05) is 13.1 Å². The molecule has 0 saturated heterocycles. The Balaban J connectivity index is 0.000000180. The van der Waals surface area contributed by atoms with Crippen LogP contribution in [0.15, 0.2) is 16.9 Å². The minimum absolute atomic E-state index is 0.197. The summed E-state index contributed by atoms with van der Waals surface area (Å²) in [5.41, 5.74) is 0. The molecule has 0 radical (unpaired) electrons. The highest BCUT2D eigenvalue weighted by molar-refractivity contribution is 6.16. The number of aryl methyl sites for hydroxylation is 2. The fourth-order valence-electron chi connectivity index (χ4n) is 1.06. The topological polar surface area (TPSA) is 106 Å². The van der Waals surface area contributed by atoms with Crippen molar-refractivity contribution in [2.75, 3.05) is 5.32 Å². The second kappa shape index (κ2) is 6.60. The zero-order valence-corrected chi connectivity index (χ0v) is 10.5. The third-order valence-electron chi connectivity index (χ3n) is 1.75. The lowest BCUT2D eigenvalue weighted by molar-refractivity contribution is 0.209. The first-order valence-corrected chi connectivity index (χ1v) is 5.39. The Morgan fingerprint density at radius 2 is 2.39 bits per heavy atom. The highest BCUT2D eigenvalue weighted by Crippen LogP contribution is 1.99. The number of hydrogen-bond donors (Lipinski definition) is 2. The zero-order valence-electron chi connectivity index (χ0n) is 9.79. The molecule has 0 unspecified atom stereocenters. The smallest absolute Gasteiger partial charge is 0.410 e. The Bertz CT molecular complexity index is 496. The molecule has 2 aromatic heterocycles. The number of amides is 1. The third-order valence-corrected chi connectivity index (χ3v) is 1.99. The van der Waals surface area contributed by atoms with Crippen molar-refractivity contribution in [1.29, 1.82) is 0 Å². The van der Waals surface area contributed by atoms with Crippen LogP contribution in [0.2, 0.25) is 0 Å². The van der Waals surface area contributed by atoms with Crippen LogP contribution in [0, 0.1) is 6.92 Å². The Morgan fingerprint density at radius 3 is 2.72 bits per heavy atom. The molecule has 0 aliphatic rings. The predicted molar refractivity (Wildman–Crippen MR) is 63.4 cm³/mol. The van der Waals surface area contributed by atoms with E-state index in [1.807, 2.05) is 19.3 Å². The van der Waals surface area contributed by atoms with Gasteiger partial charge in [0.05, 0.1) is 5.88 Å². The Hall–Kier alpha value is -2.09. The van der Waals surface area contributed by atoms with Gasteiger partial charge >= 0.3 is 6.09 Å². The number of nitrogens with zero attached hydrogens (tertiary/aromatic N) is 4. The van der Waals surface area contributed by atoms with Gasteiger partial charge in [0.2, 0.25) is 0 Å². The molecule has 0 aliphatic heterocycles. The molecule has 2 rings (SSSR count). The maximum Gasteiger partial charge on any atom is 0.410 e. The average molecular weight is 274 g/mol. The maximum atomic E-state index is 9.87. The number of aromatic nitrogens is 4. The van der Waals surface area contributed by atoms with Crippen molar-refractivity contribution in [3.63, 3.8) is 0 Å². The second-order valence-electron chi connectivity index (χ2n) is 3.15. The molecule has 0 fully saturated rings. The number of rotatable bonds is 2. The number of carboxylic acid groups (broad SMARTS) is 1. The minimum Gasteiger partial charge on any atom is -0.465 e. The van der Waals surface area contributed by atoms with Gasteiger partial charge in [-0.15, -0.1) is 11.6 Å². The summed E-state index contributed by atoms with van der Waals surface area (Å²) >= 11 is 5.52. The van der Waals surface area contributed by atoms with Crippen molar-refractivity contribution in [2.24, 2.45) is 7.05 Å². The molecule has 8 nitrogen and oxygen atoms in total. The molecule has 0 atom stereocenters. The molecule has 0 aromatic carbocycles. The van der Waals surface area contributed by atoms with Crippen LogP contribution in [0.1, 0.15) is 11.6 Å². The molecule has 2 N–H and O–H groups in total. The summed E-state index contributed by atoms with van der Waals surface area (Å²) in [7, 11) is 1.83. The van der Waals surface area contributed by atoms with Crippen LogP contribution >= 0.6 is 11.6 Å². The van der Waals surface area contributed by atoms with Gasteiger partial charge in [0.1, 0.15) is 17.9 Å². The number of alkyl halides is 1. The number of anilines is 1. The van der Waals surface area contributed by atoms with Crippen LogP contribution in [0.3, 0.4) is 0 Å². The fraction of sp³-hybridized carbons (Fsp3) is 0.333. The standard InChI is InChI=1S/C5H8ClN3.C4H4N2O3/c1-4-7-5(3-6)9(2)8-4;7-4(8)5-3-1-2-9-6-3/h3H2,1-2H3;1-2H,(H,5,6)(H,7,8). The molecule has 9 heteroatoms. The second-order valence-corrected chi connectivity index (χ2v) is 3.41. The van der Waals surface area contributed by atoms with E-state index in [-0.39, 0.29) is 5.82 Å². The van der Waals surface area contributed by atoms with E-state index in [0.717, 1.165) is 11.6 Å². The van der Waals surface area contributed by atoms with E-state index in [9.17, 15) is 4.79 Å². The average Bonchev–Trinajstić information content (AvgIpc) is 2.88. The van der Waals surface area contributed by atoms with Gasteiger partial charge in [-0.2, -0.15) is 5.10 Å². The summed E-state index contributed by atoms with van der Waals surface area (Å²) in [6, 6.07) is 1.41. The monoisotopic (exact) mass is 273 g/mol. The van der Waals surface area contributed by atoms with Crippen LogP contribution < -0.4 is 5.32 Å². The van der Waals surface area contributed by atoms with Crippen LogP contribution in [0.25, 0.3) is 0 Å². The quantitative estimate of drug-likeness (QED) is 0.806. The largest absolute Gasteiger partial charge is 0.465 e. The van der Waals surface area contributed by atoms with E-state index < -0.39 is 6.09 Å². The Labute approximate surface area is 108 Å². The van der Waals surface area contributed by atoms with Crippen LogP contribution in [0.4, 0.5) is 10.6 Å². The number of carbonyl (C=O) groups is 1. The summed E-state index contributed by atoms with van der Waals surface area (Å²) in [4.78, 5) is 13.9. The van der Waals surface area contributed by atoms with Crippen molar-refractivity contribution >= 4 is 23.5 Å². The number of nitrogens with one attached hydrogen (secondary N) is 1. The van der Waals surface area contributed by atoms with Crippen molar-refractivity contribution in [3.8, 4) is 0 Å². The lowest BCUT2D eigenvalue weighted by atomic mass is 10.6. The van der Waals surface area contributed by atoms with Gasteiger partial charge in [-0.05, 0) is 6.92 Å². The van der Waals surface area contributed by atoms with Gasteiger partial charge < -0.3 is 9.63 Å². The lowest BCUT2D eigenvalue weighted by Crippen LogP contribution is -2.06. The molecule has 0 spiro atoms. The van der Waals surface area contributed by atoms with Crippen LogP contribution in [-0.4, -0.2) is 31.1 Å². The zero-order chi connectivity index (χ0) is 13.5. The molecular formula is C9H12ClN5O3. The van der Waals surface area contributed by atoms with Crippen molar-refractivity contribution in [1.82, 2.24) is 19.9 Å². The number of halogens is 1. The van der Waals surface area contributed by atoms with E-state index >= 15 is 0 Å². The Morgan fingerprint density at radius 1 is 1.67 bits per heavy atom. The van der Waals surface area contributed by atoms with Crippen molar-refractivity contribution in [2.45, 2.75) is 12.8 Å². The summed E-state index contributed by atoms with van der Waals surface area (Å²) < 4.78 is 6.02. The van der Waals surface area contributed by atoms with Gasteiger partial charge in [0.25, 0.3) is 0 Å². The third kappa shape index (κ3) is 4.42. The summed E-state index contributed by atoms with van der Waals surface area (Å²) in [5, 5.41) is 17.4. The van der Waals surface area contributed by atoms with Gasteiger partial charge in [-0.25, -0.2) is 9.78 Å². The van der Waals surface area contributed by atoms with E-state index in [1.54, 1.807) is 4.68 Å². The van der Waals surface area contributed by atoms with E-state index in [2.05, 4.69) is 19.8 Å². The molecule has 98 valence electrons. The van der Waals surface area contributed by atoms with Crippen LogP contribution in [0.5, 0.6) is 0 Å². The molecule has 2 heterocycles. The first-order chi connectivity index (χ1) is 8.52. The molecule has 1 amide bonds. The highest BCUT2D eigenvalue weighted by atomic mass is 35.5. The van der Waals surface area contributed by atoms with E-state index in [4.69, 9.17) is 16.7 Å². The molecule has 2 aromatic rings. The first-order valence-electron chi connectivity index (χ1n) is 4.85. The summed E-state index contributed by atoms with van der Waals surface area (Å²) in [6.45, 7) is 1.84. The molecule has 0 aliphatic carbocycles.